The number of nitrogens with zero attached hydrogens (tertiary/aromatic N) is 1. The minimum atomic E-state index is 0.0204. The third kappa shape index (κ3) is 3.93. The molecular formula is C16H26N2O. The summed E-state index contributed by atoms with van der Waals surface area (Å²) in [5.74, 6) is 1.43. The van der Waals surface area contributed by atoms with Crippen molar-refractivity contribution in [1.29, 1.82) is 0 Å². The molecule has 1 aromatic heterocycles. The van der Waals surface area contributed by atoms with Crippen molar-refractivity contribution in [3.63, 3.8) is 0 Å². The van der Waals surface area contributed by atoms with Crippen molar-refractivity contribution < 1.29 is 4.74 Å². The third-order valence-electron chi connectivity index (χ3n) is 3.92. The Morgan fingerprint density at radius 2 is 2.16 bits per heavy atom. The average molecular weight is 262 g/mol. The van der Waals surface area contributed by atoms with Crippen LogP contribution in [-0.4, -0.2) is 11.1 Å². The molecule has 1 heterocycles. The lowest BCUT2D eigenvalue weighted by atomic mass is 9.71. The maximum Gasteiger partial charge on any atom is 0.213 e. The van der Waals surface area contributed by atoms with Gasteiger partial charge in [-0.3, -0.25) is 0 Å². The minimum Gasteiger partial charge on any atom is -0.474 e. The summed E-state index contributed by atoms with van der Waals surface area (Å²) in [6, 6.07) is 3.94. The van der Waals surface area contributed by atoms with Crippen LogP contribution in [0.25, 0.3) is 0 Å². The molecule has 19 heavy (non-hydrogen) atoms. The van der Waals surface area contributed by atoms with Crippen molar-refractivity contribution in [2.75, 3.05) is 0 Å². The van der Waals surface area contributed by atoms with E-state index in [2.05, 4.69) is 25.8 Å². The van der Waals surface area contributed by atoms with E-state index in [0.29, 0.717) is 17.2 Å². The zero-order chi connectivity index (χ0) is 14.0. The van der Waals surface area contributed by atoms with Gasteiger partial charge in [-0.25, -0.2) is 4.98 Å². The fraction of sp³-hybridized carbons (Fsp3) is 0.688. The number of ether oxygens (including phenoxy) is 1. The number of pyridine rings is 1. The van der Waals surface area contributed by atoms with E-state index >= 15 is 0 Å². The lowest BCUT2D eigenvalue weighted by Crippen LogP contribution is -2.34. The van der Waals surface area contributed by atoms with Crippen molar-refractivity contribution in [1.82, 2.24) is 4.98 Å². The van der Waals surface area contributed by atoms with Crippen LogP contribution in [0.1, 0.15) is 58.6 Å². The predicted molar refractivity (Wildman–Crippen MR) is 78.1 cm³/mol. The Labute approximate surface area is 116 Å². The van der Waals surface area contributed by atoms with Crippen LogP contribution in [0, 0.1) is 11.3 Å². The third-order valence-corrected chi connectivity index (χ3v) is 3.92. The smallest absolute Gasteiger partial charge is 0.213 e. The van der Waals surface area contributed by atoms with Gasteiger partial charge in [-0.15, -0.1) is 0 Å². The summed E-state index contributed by atoms with van der Waals surface area (Å²) in [6.07, 6.45) is 5.55. The van der Waals surface area contributed by atoms with E-state index in [-0.39, 0.29) is 12.1 Å². The molecular weight excluding hydrogens is 236 g/mol. The van der Waals surface area contributed by atoms with Crippen LogP contribution in [0.3, 0.4) is 0 Å². The van der Waals surface area contributed by atoms with Gasteiger partial charge in [0.15, 0.2) is 0 Å². The molecule has 3 heteroatoms. The number of hydrogen-bond acceptors (Lipinski definition) is 3. The van der Waals surface area contributed by atoms with Gasteiger partial charge in [-0.05, 0) is 49.1 Å². The molecule has 0 amide bonds. The standard InChI is InChI=1S/C16H26N2O/c1-11-7-14(10-16(3,4)9-11)19-15-8-13(12(2)17)5-6-18-15/h5-6,8,11-12,14H,7,9-10,17H2,1-4H3. The van der Waals surface area contributed by atoms with Crippen LogP contribution in [0.4, 0.5) is 0 Å². The average Bonchev–Trinajstić information content (AvgIpc) is 2.26. The summed E-state index contributed by atoms with van der Waals surface area (Å²) in [5, 5.41) is 0. The Bertz CT molecular complexity index is 429. The predicted octanol–water partition coefficient (Wildman–Crippen LogP) is 3.69. The van der Waals surface area contributed by atoms with E-state index in [1.165, 1.54) is 6.42 Å². The fourth-order valence-corrected chi connectivity index (χ4v) is 3.29. The van der Waals surface area contributed by atoms with Gasteiger partial charge < -0.3 is 10.5 Å². The Balaban J connectivity index is 2.06. The maximum absolute atomic E-state index is 6.09. The first-order valence-electron chi connectivity index (χ1n) is 7.24. The molecule has 1 fully saturated rings. The molecule has 0 bridgehead atoms. The minimum absolute atomic E-state index is 0.0204. The van der Waals surface area contributed by atoms with Crippen LogP contribution in [0.5, 0.6) is 5.88 Å². The van der Waals surface area contributed by atoms with E-state index in [1.807, 2.05) is 19.1 Å². The van der Waals surface area contributed by atoms with Crippen LogP contribution in [0.15, 0.2) is 18.3 Å². The highest BCUT2D eigenvalue weighted by Crippen LogP contribution is 2.39. The SMILES string of the molecule is CC1CC(Oc2cc(C(C)N)ccn2)CC(C)(C)C1. The molecule has 0 spiro atoms. The number of hydrogen-bond donors (Lipinski definition) is 1. The zero-order valence-corrected chi connectivity index (χ0v) is 12.5. The molecule has 1 aromatic rings. The second-order valence-electron chi connectivity index (χ2n) is 6.87. The summed E-state index contributed by atoms with van der Waals surface area (Å²) < 4.78 is 6.09. The highest BCUT2D eigenvalue weighted by Gasteiger charge is 2.33. The normalized spacial score (nSPS) is 27.8. The van der Waals surface area contributed by atoms with Gasteiger partial charge in [0.05, 0.1) is 0 Å². The molecule has 3 nitrogen and oxygen atoms in total. The van der Waals surface area contributed by atoms with Crippen molar-refractivity contribution in [2.45, 2.75) is 59.1 Å². The van der Waals surface area contributed by atoms with E-state index in [0.717, 1.165) is 18.4 Å². The lowest BCUT2D eigenvalue weighted by Gasteiger charge is -2.38. The maximum atomic E-state index is 6.09. The Hall–Kier alpha value is -1.09. The molecule has 1 saturated carbocycles. The molecule has 1 aliphatic rings. The van der Waals surface area contributed by atoms with E-state index in [1.54, 1.807) is 6.20 Å². The summed E-state index contributed by atoms with van der Waals surface area (Å²) in [7, 11) is 0. The fourth-order valence-electron chi connectivity index (χ4n) is 3.29. The molecule has 0 radical (unpaired) electrons. The van der Waals surface area contributed by atoms with Gasteiger partial charge in [0, 0.05) is 18.3 Å². The number of aromatic nitrogens is 1. The molecule has 0 saturated heterocycles. The van der Waals surface area contributed by atoms with Crippen molar-refractivity contribution in [3.8, 4) is 5.88 Å². The first-order chi connectivity index (χ1) is 8.85. The molecule has 2 rings (SSSR count). The van der Waals surface area contributed by atoms with Gasteiger partial charge in [-0.1, -0.05) is 20.8 Å². The molecule has 0 aromatic carbocycles. The van der Waals surface area contributed by atoms with Gasteiger partial charge in [0.1, 0.15) is 6.10 Å². The number of nitrogens with two attached hydrogens (primary N) is 1. The Morgan fingerprint density at radius 3 is 2.79 bits per heavy atom. The van der Waals surface area contributed by atoms with E-state index in [4.69, 9.17) is 10.5 Å². The Morgan fingerprint density at radius 1 is 1.42 bits per heavy atom. The molecule has 3 unspecified atom stereocenters. The Kier molecular flexibility index (Phi) is 4.14. The second-order valence-corrected chi connectivity index (χ2v) is 6.87. The topological polar surface area (TPSA) is 48.1 Å². The quantitative estimate of drug-likeness (QED) is 0.903. The van der Waals surface area contributed by atoms with Crippen LogP contribution < -0.4 is 10.5 Å². The highest BCUT2D eigenvalue weighted by molar-refractivity contribution is 5.23. The van der Waals surface area contributed by atoms with Crippen molar-refractivity contribution in [3.05, 3.63) is 23.9 Å². The van der Waals surface area contributed by atoms with E-state index < -0.39 is 0 Å². The first-order valence-corrected chi connectivity index (χ1v) is 7.24. The van der Waals surface area contributed by atoms with E-state index in [9.17, 15) is 0 Å². The lowest BCUT2D eigenvalue weighted by molar-refractivity contribution is 0.0532. The first kappa shape index (κ1) is 14.3. The molecule has 3 atom stereocenters. The van der Waals surface area contributed by atoms with Crippen molar-refractivity contribution in [2.24, 2.45) is 17.1 Å². The van der Waals surface area contributed by atoms with Crippen LogP contribution in [0.2, 0.25) is 0 Å². The van der Waals surface area contributed by atoms with Gasteiger partial charge in [0.2, 0.25) is 5.88 Å². The summed E-state index contributed by atoms with van der Waals surface area (Å²) in [5.41, 5.74) is 7.34. The van der Waals surface area contributed by atoms with Crippen LogP contribution >= 0.6 is 0 Å². The van der Waals surface area contributed by atoms with Gasteiger partial charge in [0.25, 0.3) is 0 Å². The molecule has 106 valence electrons. The highest BCUT2D eigenvalue weighted by atomic mass is 16.5. The number of rotatable bonds is 3. The van der Waals surface area contributed by atoms with Crippen molar-refractivity contribution >= 4 is 0 Å². The molecule has 2 N–H and O–H groups in total. The molecule has 1 aliphatic carbocycles. The van der Waals surface area contributed by atoms with Crippen LogP contribution in [-0.2, 0) is 0 Å². The second kappa shape index (κ2) is 5.49. The van der Waals surface area contributed by atoms with Gasteiger partial charge in [-0.2, -0.15) is 0 Å². The monoisotopic (exact) mass is 262 g/mol. The zero-order valence-electron chi connectivity index (χ0n) is 12.5. The van der Waals surface area contributed by atoms with Gasteiger partial charge >= 0.3 is 0 Å². The molecule has 0 aliphatic heterocycles. The summed E-state index contributed by atoms with van der Waals surface area (Å²) >= 11 is 0. The summed E-state index contributed by atoms with van der Waals surface area (Å²) in [6.45, 7) is 8.93. The largest absolute Gasteiger partial charge is 0.474 e. The summed E-state index contributed by atoms with van der Waals surface area (Å²) in [4.78, 5) is 4.31.